The molecule has 0 fully saturated rings. The average Bonchev–Trinajstić information content (AvgIpc) is 1.80. The molecule has 0 amide bonds. The first-order chi connectivity index (χ1) is 4.83. The van der Waals surface area contributed by atoms with Crippen molar-refractivity contribution >= 4 is 17.7 Å². The summed E-state index contributed by atoms with van der Waals surface area (Å²) in [7, 11) is 0. The second-order valence-electron chi connectivity index (χ2n) is 1.26. The van der Waals surface area contributed by atoms with Crippen LogP contribution >= 0.6 is 11.8 Å². The number of rotatable bonds is 3. The van der Waals surface area contributed by atoms with Crippen LogP contribution in [0.2, 0.25) is 0 Å². The molecule has 0 aromatic heterocycles. The van der Waals surface area contributed by atoms with E-state index in [0.717, 1.165) is 0 Å². The Morgan fingerprint density at radius 1 is 2.25 bits per heavy atom. The van der Waals surface area contributed by atoms with Crippen molar-refractivity contribution in [3.05, 3.63) is 0 Å². The van der Waals surface area contributed by atoms with E-state index in [0.29, 0.717) is 11.8 Å². The van der Waals surface area contributed by atoms with Gasteiger partial charge in [0.1, 0.15) is 6.04 Å². The van der Waals surface area contributed by atoms with Crippen molar-refractivity contribution in [3.8, 4) is 0 Å². The molecule has 0 aromatic rings. The molecule has 0 bridgehead atoms. The van der Waals surface area contributed by atoms with Crippen LogP contribution in [0.5, 0.6) is 0 Å². The van der Waals surface area contributed by atoms with Crippen LogP contribution in [0.25, 0.3) is 0 Å². The van der Waals surface area contributed by atoms with Crippen molar-refractivity contribution in [3.63, 3.8) is 0 Å². The fourth-order valence-corrected chi connectivity index (χ4v) is 0.483. The molecule has 48 valence electrons. The standard InChI is InChI=1S/C4H9NO2S/c1-8-2-3(5)4(6)7/h3H,2,5H2,1H3,(H,6,7)/t3-/m0/s1/i1D3. The van der Waals surface area contributed by atoms with Gasteiger partial charge in [-0.2, -0.15) is 11.8 Å². The zero-order valence-corrected chi connectivity index (χ0v) is 4.94. The van der Waals surface area contributed by atoms with Crippen LogP contribution in [0.3, 0.4) is 0 Å². The number of hydrogen-bond acceptors (Lipinski definition) is 3. The molecule has 8 heavy (non-hydrogen) atoms. The Bertz CT molecular complexity index is 149. The third kappa shape index (κ3) is 2.87. The minimum absolute atomic E-state index is 0.0914. The average molecular weight is 138 g/mol. The summed E-state index contributed by atoms with van der Waals surface area (Å²) in [5, 5.41) is 8.26. The maximum absolute atomic E-state index is 10.1. The molecule has 0 spiro atoms. The highest BCUT2D eigenvalue weighted by Crippen LogP contribution is 1.93. The fraction of sp³-hybridized carbons (Fsp3) is 0.750. The van der Waals surface area contributed by atoms with E-state index >= 15 is 0 Å². The SMILES string of the molecule is [2H]C([2H])([2H])SC[C@H](N)C(=O)O. The van der Waals surface area contributed by atoms with Crippen molar-refractivity contribution < 1.29 is 14.0 Å². The molecular weight excluding hydrogens is 126 g/mol. The van der Waals surface area contributed by atoms with E-state index < -0.39 is 18.2 Å². The molecule has 0 aromatic carbocycles. The van der Waals surface area contributed by atoms with Crippen molar-refractivity contribution in [1.82, 2.24) is 0 Å². The Morgan fingerprint density at radius 2 is 2.88 bits per heavy atom. The Morgan fingerprint density at radius 3 is 3.25 bits per heavy atom. The molecule has 4 heteroatoms. The van der Waals surface area contributed by atoms with E-state index in [1.54, 1.807) is 0 Å². The lowest BCUT2D eigenvalue weighted by molar-refractivity contribution is -0.137. The van der Waals surface area contributed by atoms with Gasteiger partial charge >= 0.3 is 5.97 Å². The van der Waals surface area contributed by atoms with Crippen molar-refractivity contribution in [1.29, 1.82) is 0 Å². The molecule has 0 rings (SSSR count). The van der Waals surface area contributed by atoms with Gasteiger partial charge in [0.05, 0.1) is 0 Å². The quantitative estimate of drug-likeness (QED) is 0.565. The van der Waals surface area contributed by atoms with E-state index in [1.807, 2.05) is 0 Å². The Labute approximate surface area is 56.5 Å². The first kappa shape index (κ1) is 3.74. The summed E-state index contributed by atoms with van der Waals surface area (Å²) >= 11 is 0.564. The second kappa shape index (κ2) is 3.74. The molecule has 3 nitrogen and oxygen atoms in total. The van der Waals surface area contributed by atoms with Gasteiger partial charge in [-0.05, 0) is 6.18 Å². The summed E-state index contributed by atoms with van der Waals surface area (Å²) in [6.07, 6.45) is -2.16. The van der Waals surface area contributed by atoms with E-state index in [4.69, 9.17) is 15.0 Å². The van der Waals surface area contributed by atoms with Gasteiger partial charge in [0, 0.05) is 9.87 Å². The number of carboxylic acid groups (broad SMARTS) is 1. The van der Waals surface area contributed by atoms with Gasteiger partial charge in [-0.1, -0.05) is 0 Å². The van der Waals surface area contributed by atoms with Gasteiger partial charge in [-0.3, -0.25) is 4.79 Å². The fourth-order valence-electron chi connectivity index (χ4n) is 0.161. The maximum Gasteiger partial charge on any atom is 0.321 e. The maximum atomic E-state index is 10.1. The number of carboxylic acids is 1. The van der Waals surface area contributed by atoms with E-state index in [9.17, 15) is 4.79 Å². The third-order valence-electron chi connectivity index (χ3n) is 0.580. The molecule has 0 aliphatic rings. The molecule has 0 unspecified atom stereocenters. The lowest BCUT2D eigenvalue weighted by Gasteiger charge is -2.00. The summed E-state index contributed by atoms with van der Waals surface area (Å²) in [5.74, 6) is -1.27. The van der Waals surface area contributed by atoms with Crippen molar-refractivity contribution in [2.45, 2.75) is 6.04 Å². The zero-order valence-electron chi connectivity index (χ0n) is 7.13. The van der Waals surface area contributed by atoms with Crippen LogP contribution in [0.1, 0.15) is 4.11 Å². The van der Waals surface area contributed by atoms with Gasteiger partial charge in [0.15, 0.2) is 0 Å². The van der Waals surface area contributed by atoms with Gasteiger partial charge < -0.3 is 10.8 Å². The van der Waals surface area contributed by atoms with Gasteiger partial charge in [0.25, 0.3) is 0 Å². The van der Waals surface area contributed by atoms with E-state index in [-0.39, 0.29) is 5.75 Å². The first-order valence-electron chi connectivity index (χ1n) is 3.45. The minimum Gasteiger partial charge on any atom is -0.480 e. The van der Waals surface area contributed by atoms with Crippen molar-refractivity contribution in [2.75, 3.05) is 11.9 Å². The molecule has 0 aliphatic carbocycles. The lowest BCUT2D eigenvalue weighted by Crippen LogP contribution is -2.32. The third-order valence-corrected chi connectivity index (χ3v) is 1.11. The van der Waals surface area contributed by atoms with Crippen LogP contribution < -0.4 is 5.73 Å². The molecule has 0 saturated carbocycles. The van der Waals surface area contributed by atoms with Crippen LogP contribution in [-0.2, 0) is 4.79 Å². The zero-order chi connectivity index (χ0) is 9.07. The number of nitrogens with two attached hydrogens (primary N) is 1. The van der Waals surface area contributed by atoms with Gasteiger partial charge in [0.2, 0.25) is 0 Å². The molecular formula is C4H9NO2S. The Kier molecular flexibility index (Phi) is 1.75. The van der Waals surface area contributed by atoms with E-state index in [1.165, 1.54) is 0 Å². The van der Waals surface area contributed by atoms with Crippen molar-refractivity contribution in [2.24, 2.45) is 5.73 Å². The summed E-state index contributed by atoms with van der Waals surface area (Å²) in [4.78, 5) is 10.1. The Balaban J connectivity index is 3.63. The van der Waals surface area contributed by atoms with Crippen LogP contribution in [0.15, 0.2) is 0 Å². The van der Waals surface area contributed by atoms with Crippen LogP contribution in [0, 0.1) is 0 Å². The predicted octanol–water partition coefficient (Wildman–Crippen LogP) is -0.239. The summed E-state index contributed by atoms with van der Waals surface area (Å²) in [6, 6.07) is -1.10. The summed E-state index contributed by atoms with van der Waals surface area (Å²) < 4.78 is 20.1. The Hall–Kier alpha value is -0.220. The van der Waals surface area contributed by atoms with Gasteiger partial charge in [-0.15, -0.1) is 0 Å². The molecule has 0 heterocycles. The summed E-state index contributed by atoms with van der Waals surface area (Å²) in [5.41, 5.74) is 5.05. The highest BCUT2D eigenvalue weighted by Gasteiger charge is 2.08. The highest BCUT2D eigenvalue weighted by atomic mass is 32.2. The lowest BCUT2D eigenvalue weighted by atomic mass is 10.4. The predicted molar refractivity (Wildman–Crippen MR) is 34.0 cm³/mol. The summed E-state index contributed by atoms with van der Waals surface area (Å²) in [6.45, 7) is 0. The van der Waals surface area contributed by atoms with Crippen LogP contribution in [0.4, 0.5) is 0 Å². The second-order valence-corrected chi connectivity index (χ2v) is 1.88. The monoisotopic (exact) mass is 138 g/mol. The number of aliphatic carboxylic acids is 1. The molecule has 1 atom stereocenters. The number of hydrogen-bond donors (Lipinski definition) is 2. The molecule has 0 saturated heterocycles. The minimum atomic E-state index is -2.16. The van der Waals surface area contributed by atoms with Crippen LogP contribution in [-0.4, -0.2) is 29.1 Å². The number of thioether (sulfide) groups is 1. The topological polar surface area (TPSA) is 63.3 Å². The first-order valence-corrected chi connectivity index (χ1v) is 2.94. The van der Waals surface area contributed by atoms with Gasteiger partial charge in [-0.25, -0.2) is 0 Å². The number of carbonyl (C=O) groups is 1. The normalized spacial score (nSPS) is 20.4. The molecule has 3 N–H and O–H groups in total. The molecule has 0 aliphatic heterocycles. The van der Waals surface area contributed by atoms with E-state index in [2.05, 4.69) is 0 Å². The molecule has 0 radical (unpaired) electrons. The highest BCUT2D eigenvalue weighted by molar-refractivity contribution is 7.98. The largest absolute Gasteiger partial charge is 0.480 e. The smallest absolute Gasteiger partial charge is 0.321 e.